The molecule has 5 nitrogen and oxygen atoms in total. The molecule has 148 valence electrons. The maximum atomic E-state index is 13.0. The Balaban J connectivity index is 1.43. The van der Waals surface area contributed by atoms with Crippen molar-refractivity contribution in [2.24, 2.45) is 4.99 Å². The van der Waals surface area contributed by atoms with E-state index in [4.69, 9.17) is 4.74 Å². The van der Waals surface area contributed by atoms with E-state index < -0.39 is 11.8 Å². The number of benzene rings is 3. The van der Waals surface area contributed by atoms with Gasteiger partial charge < -0.3 is 10.1 Å². The highest BCUT2D eigenvalue weighted by molar-refractivity contribution is 8.18. The number of amides is 1. The number of nitrogens with one attached hydrogen (secondary N) is 1. The Morgan fingerprint density at radius 2 is 1.67 bits per heavy atom. The Morgan fingerprint density at radius 1 is 0.967 bits per heavy atom. The van der Waals surface area contributed by atoms with E-state index in [1.54, 1.807) is 30.3 Å². The molecule has 1 fully saturated rings. The average molecular weight is 418 g/mol. The summed E-state index contributed by atoms with van der Waals surface area (Å²) in [6.45, 7) is 0. The molecule has 0 aromatic heterocycles. The van der Waals surface area contributed by atoms with Crippen molar-refractivity contribution in [1.29, 1.82) is 0 Å². The lowest BCUT2D eigenvalue weighted by Crippen LogP contribution is -2.19. The molecule has 1 amide bonds. The van der Waals surface area contributed by atoms with Crippen LogP contribution in [0.4, 0.5) is 10.1 Å². The van der Waals surface area contributed by atoms with Crippen LogP contribution in [-0.4, -0.2) is 17.0 Å². The predicted molar refractivity (Wildman–Crippen MR) is 115 cm³/mol. The molecule has 3 aromatic carbocycles. The van der Waals surface area contributed by atoms with Crippen molar-refractivity contribution in [1.82, 2.24) is 5.32 Å². The van der Waals surface area contributed by atoms with Crippen molar-refractivity contribution < 1.29 is 18.7 Å². The van der Waals surface area contributed by atoms with Crippen LogP contribution in [0.3, 0.4) is 0 Å². The van der Waals surface area contributed by atoms with Gasteiger partial charge in [-0.15, -0.1) is 0 Å². The fraction of sp³-hybridized carbons (Fsp3) is 0. The highest BCUT2D eigenvalue weighted by Gasteiger charge is 2.23. The second-order valence-electron chi connectivity index (χ2n) is 6.28. The van der Waals surface area contributed by atoms with Gasteiger partial charge in [-0.2, -0.15) is 0 Å². The van der Waals surface area contributed by atoms with Gasteiger partial charge in [0.15, 0.2) is 5.17 Å². The van der Waals surface area contributed by atoms with Crippen molar-refractivity contribution in [3.8, 4) is 5.75 Å². The summed E-state index contributed by atoms with van der Waals surface area (Å²) in [5, 5.41) is 3.26. The molecule has 0 spiro atoms. The first kappa shape index (κ1) is 19.6. The van der Waals surface area contributed by atoms with Crippen LogP contribution in [-0.2, 0) is 4.79 Å². The maximum Gasteiger partial charge on any atom is 0.343 e. The summed E-state index contributed by atoms with van der Waals surface area (Å²) in [4.78, 5) is 29.2. The minimum atomic E-state index is -0.575. The first-order valence-electron chi connectivity index (χ1n) is 8.99. The zero-order valence-electron chi connectivity index (χ0n) is 15.5. The van der Waals surface area contributed by atoms with Gasteiger partial charge in [0, 0.05) is 0 Å². The summed E-state index contributed by atoms with van der Waals surface area (Å²) >= 11 is 1.26. The number of aliphatic imine (C=N–C) groups is 1. The molecule has 3 aromatic rings. The lowest BCUT2D eigenvalue weighted by Gasteiger charge is -2.05. The predicted octanol–water partition coefficient (Wildman–Crippen LogP) is 4.94. The summed E-state index contributed by atoms with van der Waals surface area (Å²) in [6.07, 6.45) is 1.74. The van der Waals surface area contributed by atoms with Gasteiger partial charge in [-0.3, -0.25) is 4.79 Å². The Morgan fingerprint density at radius 3 is 2.37 bits per heavy atom. The van der Waals surface area contributed by atoms with E-state index in [9.17, 15) is 14.0 Å². The molecule has 30 heavy (non-hydrogen) atoms. The number of ether oxygens (including phenoxy) is 1. The summed E-state index contributed by atoms with van der Waals surface area (Å²) in [7, 11) is 0. The van der Waals surface area contributed by atoms with Crippen LogP contribution in [0, 0.1) is 5.82 Å². The number of thioether (sulfide) groups is 1. The molecule has 1 aliphatic heterocycles. The number of rotatable bonds is 4. The third-order valence-electron chi connectivity index (χ3n) is 4.11. The average Bonchev–Trinajstić information content (AvgIpc) is 3.09. The van der Waals surface area contributed by atoms with Crippen LogP contribution in [0.2, 0.25) is 0 Å². The Kier molecular flexibility index (Phi) is 5.72. The molecular weight excluding hydrogens is 403 g/mol. The van der Waals surface area contributed by atoms with Crippen molar-refractivity contribution in [3.05, 3.63) is 101 Å². The largest absolute Gasteiger partial charge is 0.423 e. The molecule has 1 aliphatic rings. The van der Waals surface area contributed by atoms with E-state index >= 15 is 0 Å². The number of nitrogens with zero attached hydrogens (tertiary/aromatic N) is 1. The number of esters is 1. The number of carbonyl (C=O) groups is 2. The van der Waals surface area contributed by atoms with Gasteiger partial charge >= 0.3 is 5.97 Å². The Labute approximate surface area is 176 Å². The standard InChI is InChI=1S/C23H15FN2O3S/c24-17-10-8-16(9-11-17)22(28)29-19-12-6-15(7-13-19)14-20-21(27)26-23(30-20)25-18-4-2-1-3-5-18/h1-14H,(H,25,26,27)/b20-14+. The van der Waals surface area contributed by atoms with E-state index in [2.05, 4.69) is 10.3 Å². The summed E-state index contributed by atoms with van der Waals surface area (Å²) < 4.78 is 18.2. The number of hydrogen-bond donors (Lipinski definition) is 1. The van der Waals surface area contributed by atoms with Crippen LogP contribution in [0.15, 0.2) is 88.8 Å². The number of amidine groups is 1. The van der Waals surface area contributed by atoms with Crippen LogP contribution in [0.1, 0.15) is 15.9 Å². The molecule has 1 N–H and O–H groups in total. The highest BCUT2D eigenvalue weighted by atomic mass is 32.2. The van der Waals surface area contributed by atoms with Gasteiger partial charge in [0.1, 0.15) is 11.6 Å². The topological polar surface area (TPSA) is 67.8 Å². The normalized spacial score (nSPS) is 16.0. The minimum absolute atomic E-state index is 0.221. The summed E-state index contributed by atoms with van der Waals surface area (Å²) in [5.41, 5.74) is 1.79. The van der Waals surface area contributed by atoms with Gasteiger partial charge in [-0.05, 0) is 71.9 Å². The SMILES string of the molecule is O=C1NC(=Nc2ccccc2)S/C1=C/c1ccc(OC(=O)c2ccc(F)cc2)cc1. The summed E-state index contributed by atoms with van der Waals surface area (Å²) in [5.74, 6) is -0.869. The monoisotopic (exact) mass is 418 g/mol. The minimum Gasteiger partial charge on any atom is -0.423 e. The first-order chi connectivity index (χ1) is 14.6. The lowest BCUT2D eigenvalue weighted by molar-refractivity contribution is -0.115. The highest BCUT2D eigenvalue weighted by Crippen LogP contribution is 2.28. The smallest absolute Gasteiger partial charge is 0.343 e. The fourth-order valence-corrected chi connectivity index (χ4v) is 3.48. The van der Waals surface area contributed by atoms with Crippen LogP contribution in [0.25, 0.3) is 6.08 Å². The van der Waals surface area contributed by atoms with Crippen LogP contribution >= 0.6 is 11.8 Å². The molecule has 0 unspecified atom stereocenters. The van der Waals surface area contributed by atoms with E-state index in [1.807, 2.05) is 30.3 Å². The molecule has 4 rings (SSSR count). The van der Waals surface area contributed by atoms with Gasteiger partial charge in [0.2, 0.25) is 0 Å². The zero-order valence-corrected chi connectivity index (χ0v) is 16.4. The van der Waals surface area contributed by atoms with E-state index in [1.165, 1.54) is 36.0 Å². The Bertz CT molecular complexity index is 1140. The van der Waals surface area contributed by atoms with Gasteiger partial charge in [-0.1, -0.05) is 30.3 Å². The molecule has 0 aliphatic carbocycles. The van der Waals surface area contributed by atoms with E-state index in [-0.39, 0.29) is 11.5 Å². The first-order valence-corrected chi connectivity index (χ1v) is 9.81. The second kappa shape index (κ2) is 8.75. The molecule has 1 heterocycles. The van der Waals surface area contributed by atoms with Gasteiger partial charge in [-0.25, -0.2) is 14.2 Å². The molecule has 0 radical (unpaired) electrons. The maximum absolute atomic E-state index is 13.0. The van der Waals surface area contributed by atoms with Crippen LogP contribution in [0.5, 0.6) is 5.75 Å². The zero-order chi connectivity index (χ0) is 20.9. The number of carbonyl (C=O) groups excluding carboxylic acids is 2. The molecule has 0 saturated carbocycles. The van der Waals surface area contributed by atoms with Gasteiger partial charge in [0.05, 0.1) is 16.2 Å². The fourth-order valence-electron chi connectivity index (χ4n) is 2.64. The van der Waals surface area contributed by atoms with E-state index in [0.29, 0.717) is 15.8 Å². The van der Waals surface area contributed by atoms with Crippen molar-refractivity contribution in [2.45, 2.75) is 0 Å². The lowest BCUT2D eigenvalue weighted by atomic mass is 10.2. The number of hydrogen-bond acceptors (Lipinski definition) is 5. The molecule has 0 atom stereocenters. The van der Waals surface area contributed by atoms with Crippen molar-refractivity contribution in [2.75, 3.05) is 0 Å². The number of halogens is 1. The number of para-hydroxylation sites is 1. The quantitative estimate of drug-likeness (QED) is 0.370. The second-order valence-corrected chi connectivity index (χ2v) is 7.31. The van der Waals surface area contributed by atoms with Crippen LogP contribution < -0.4 is 10.1 Å². The molecule has 1 saturated heterocycles. The molecule has 7 heteroatoms. The molecular formula is C23H15FN2O3S. The third-order valence-corrected chi connectivity index (χ3v) is 5.02. The summed E-state index contributed by atoms with van der Waals surface area (Å²) in [6, 6.07) is 21.2. The van der Waals surface area contributed by atoms with Crippen molar-refractivity contribution >= 4 is 40.6 Å². The van der Waals surface area contributed by atoms with E-state index in [0.717, 1.165) is 11.3 Å². The Hall–Kier alpha value is -3.71. The molecule has 0 bridgehead atoms. The van der Waals surface area contributed by atoms with Gasteiger partial charge in [0.25, 0.3) is 5.91 Å². The third kappa shape index (κ3) is 4.82. The van der Waals surface area contributed by atoms with Crippen molar-refractivity contribution in [3.63, 3.8) is 0 Å².